The highest BCUT2D eigenvalue weighted by Crippen LogP contribution is 2.32. The van der Waals surface area contributed by atoms with E-state index in [0.717, 1.165) is 31.7 Å². The van der Waals surface area contributed by atoms with Crippen LogP contribution in [0.25, 0.3) is 0 Å². The molecule has 1 fully saturated rings. The van der Waals surface area contributed by atoms with Gasteiger partial charge < -0.3 is 10.2 Å². The van der Waals surface area contributed by atoms with Gasteiger partial charge >= 0.3 is 0 Å². The fourth-order valence-corrected chi connectivity index (χ4v) is 2.30. The lowest BCUT2D eigenvalue weighted by atomic mass is 9.93. The molecule has 0 unspecified atom stereocenters. The average Bonchev–Trinajstić information content (AvgIpc) is 2.67. The van der Waals surface area contributed by atoms with Gasteiger partial charge in [0.25, 0.3) is 0 Å². The molecule has 1 aromatic heterocycles. The Morgan fingerprint density at radius 2 is 2.24 bits per heavy atom. The van der Waals surface area contributed by atoms with Gasteiger partial charge in [-0.3, -0.25) is 4.98 Å². The Balaban J connectivity index is 2.06. The monoisotopic (exact) mass is 233 g/mol. The molecule has 0 amide bonds. The molecule has 1 aliphatic rings. The molecule has 0 radical (unpaired) electrons. The molecule has 2 heterocycles. The summed E-state index contributed by atoms with van der Waals surface area (Å²) in [5, 5.41) is 3.39. The first-order valence-corrected chi connectivity index (χ1v) is 6.54. The number of anilines is 2. The Morgan fingerprint density at radius 1 is 1.41 bits per heavy atom. The van der Waals surface area contributed by atoms with Gasteiger partial charge in [0.1, 0.15) is 0 Å². The van der Waals surface area contributed by atoms with Crippen molar-refractivity contribution in [3.05, 3.63) is 18.5 Å². The van der Waals surface area contributed by atoms with Gasteiger partial charge in [0.15, 0.2) is 0 Å². The van der Waals surface area contributed by atoms with Crippen molar-refractivity contribution in [2.75, 3.05) is 29.9 Å². The topological polar surface area (TPSA) is 28.2 Å². The van der Waals surface area contributed by atoms with Crippen LogP contribution in [0.2, 0.25) is 0 Å². The molecule has 0 spiro atoms. The van der Waals surface area contributed by atoms with Crippen molar-refractivity contribution < 1.29 is 0 Å². The van der Waals surface area contributed by atoms with Crippen LogP contribution < -0.4 is 10.2 Å². The van der Waals surface area contributed by atoms with Gasteiger partial charge in [-0.2, -0.15) is 0 Å². The van der Waals surface area contributed by atoms with Crippen LogP contribution in [0.5, 0.6) is 0 Å². The second kappa shape index (κ2) is 4.94. The van der Waals surface area contributed by atoms with Crippen molar-refractivity contribution in [3.63, 3.8) is 0 Å². The number of hydrogen-bond donors (Lipinski definition) is 1. The normalized spacial score (nSPS) is 18.4. The first-order valence-electron chi connectivity index (χ1n) is 6.54. The van der Waals surface area contributed by atoms with Crippen LogP contribution in [0.4, 0.5) is 11.4 Å². The molecule has 0 aromatic carbocycles. The molecular weight excluding hydrogens is 210 g/mol. The van der Waals surface area contributed by atoms with Crippen LogP contribution in [0.1, 0.15) is 33.6 Å². The molecule has 3 heteroatoms. The van der Waals surface area contributed by atoms with E-state index in [0.29, 0.717) is 5.41 Å². The zero-order valence-corrected chi connectivity index (χ0v) is 11.2. The lowest BCUT2D eigenvalue weighted by molar-refractivity contribution is 0.418. The summed E-state index contributed by atoms with van der Waals surface area (Å²) in [5.41, 5.74) is 2.82. The molecule has 0 saturated carbocycles. The summed E-state index contributed by atoms with van der Waals surface area (Å²) in [4.78, 5) is 6.76. The summed E-state index contributed by atoms with van der Waals surface area (Å²) >= 11 is 0. The largest absolute Gasteiger partial charge is 0.384 e. The smallest absolute Gasteiger partial charge is 0.0573 e. The molecule has 0 atom stereocenters. The third kappa shape index (κ3) is 3.11. The van der Waals surface area contributed by atoms with Gasteiger partial charge in [0, 0.05) is 19.6 Å². The SMILES string of the molecule is CCCNc1cncc(N2CCC(C)(C)C2)c1. The second-order valence-corrected chi connectivity index (χ2v) is 5.69. The minimum absolute atomic E-state index is 0.437. The van der Waals surface area contributed by atoms with Gasteiger partial charge in [0.05, 0.1) is 23.8 Å². The molecule has 2 rings (SSSR count). The standard InChI is InChI=1S/C14H23N3/c1-4-6-16-12-8-13(10-15-9-12)17-7-5-14(2,3)11-17/h8-10,16H,4-7,11H2,1-3H3. The van der Waals surface area contributed by atoms with E-state index in [4.69, 9.17) is 0 Å². The van der Waals surface area contributed by atoms with E-state index in [2.05, 4.69) is 42.0 Å². The second-order valence-electron chi connectivity index (χ2n) is 5.69. The highest BCUT2D eigenvalue weighted by molar-refractivity contribution is 5.56. The Labute approximate surface area is 104 Å². The first kappa shape index (κ1) is 12.2. The Hall–Kier alpha value is -1.25. The molecule has 94 valence electrons. The van der Waals surface area contributed by atoms with E-state index in [-0.39, 0.29) is 0 Å². The van der Waals surface area contributed by atoms with Crippen molar-refractivity contribution in [1.82, 2.24) is 4.98 Å². The van der Waals surface area contributed by atoms with Crippen molar-refractivity contribution in [2.24, 2.45) is 5.41 Å². The zero-order chi connectivity index (χ0) is 12.3. The zero-order valence-electron chi connectivity index (χ0n) is 11.2. The summed E-state index contributed by atoms with van der Waals surface area (Å²) in [7, 11) is 0. The molecule has 1 aliphatic heterocycles. The Kier molecular flexibility index (Phi) is 3.55. The summed E-state index contributed by atoms with van der Waals surface area (Å²) < 4.78 is 0. The van der Waals surface area contributed by atoms with Crippen molar-refractivity contribution in [2.45, 2.75) is 33.6 Å². The Morgan fingerprint density at radius 3 is 2.88 bits per heavy atom. The van der Waals surface area contributed by atoms with Gasteiger partial charge in [-0.05, 0) is 24.3 Å². The number of pyridine rings is 1. The number of nitrogens with zero attached hydrogens (tertiary/aromatic N) is 2. The van der Waals surface area contributed by atoms with Crippen LogP contribution in [-0.4, -0.2) is 24.6 Å². The lowest BCUT2D eigenvalue weighted by Gasteiger charge is -2.21. The van der Waals surface area contributed by atoms with Crippen LogP contribution in [0, 0.1) is 5.41 Å². The number of rotatable bonds is 4. The molecular formula is C14H23N3. The minimum Gasteiger partial charge on any atom is -0.384 e. The molecule has 0 bridgehead atoms. The fraction of sp³-hybridized carbons (Fsp3) is 0.643. The third-order valence-electron chi connectivity index (χ3n) is 3.35. The fourth-order valence-electron chi connectivity index (χ4n) is 2.30. The van der Waals surface area contributed by atoms with Crippen LogP contribution in [-0.2, 0) is 0 Å². The summed E-state index contributed by atoms with van der Waals surface area (Å²) in [6.45, 7) is 10.1. The molecule has 1 aromatic rings. The van der Waals surface area contributed by atoms with Crippen LogP contribution >= 0.6 is 0 Å². The molecule has 1 saturated heterocycles. The highest BCUT2D eigenvalue weighted by atomic mass is 15.2. The van der Waals surface area contributed by atoms with E-state index in [1.54, 1.807) is 0 Å². The predicted octanol–water partition coefficient (Wildman–Crippen LogP) is 3.14. The van der Waals surface area contributed by atoms with E-state index in [1.807, 2.05) is 12.4 Å². The van der Waals surface area contributed by atoms with Gasteiger partial charge in [-0.15, -0.1) is 0 Å². The van der Waals surface area contributed by atoms with Gasteiger partial charge in [-0.1, -0.05) is 20.8 Å². The maximum absolute atomic E-state index is 4.33. The van der Waals surface area contributed by atoms with E-state index < -0.39 is 0 Å². The summed E-state index contributed by atoms with van der Waals surface area (Å²) in [5.74, 6) is 0. The summed E-state index contributed by atoms with van der Waals surface area (Å²) in [6.07, 6.45) is 6.28. The van der Waals surface area contributed by atoms with E-state index in [9.17, 15) is 0 Å². The highest BCUT2D eigenvalue weighted by Gasteiger charge is 2.29. The lowest BCUT2D eigenvalue weighted by Crippen LogP contribution is -2.22. The van der Waals surface area contributed by atoms with Crippen molar-refractivity contribution in [1.29, 1.82) is 0 Å². The Bertz CT molecular complexity index is 373. The van der Waals surface area contributed by atoms with Crippen LogP contribution in [0.3, 0.4) is 0 Å². The van der Waals surface area contributed by atoms with E-state index >= 15 is 0 Å². The third-order valence-corrected chi connectivity index (χ3v) is 3.35. The maximum atomic E-state index is 4.33. The van der Waals surface area contributed by atoms with Crippen molar-refractivity contribution in [3.8, 4) is 0 Å². The van der Waals surface area contributed by atoms with Crippen LogP contribution in [0.15, 0.2) is 18.5 Å². The maximum Gasteiger partial charge on any atom is 0.0573 e. The average molecular weight is 233 g/mol. The van der Waals surface area contributed by atoms with Gasteiger partial charge in [0.2, 0.25) is 0 Å². The molecule has 0 aliphatic carbocycles. The van der Waals surface area contributed by atoms with Gasteiger partial charge in [-0.25, -0.2) is 0 Å². The molecule has 17 heavy (non-hydrogen) atoms. The predicted molar refractivity (Wildman–Crippen MR) is 73.6 cm³/mol. The number of hydrogen-bond acceptors (Lipinski definition) is 3. The quantitative estimate of drug-likeness (QED) is 0.866. The van der Waals surface area contributed by atoms with Crippen molar-refractivity contribution >= 4 is 11.4 Å². The molecule has 1 N–H and O–H groups in total. The number of aromatic nitrogens is 1. The summed E-state index contributed by atoms with van der Waals surface area (Å²) in [6, 6.07) is 2.21. The molecule has 3 nitrogen and oxygen atoms in total. The number of nitrogens with one attached hydrogen (secondary N) is 1. The first-order chi connectivity index (χ1) is 8.11. The van der Waals surface area contributed by atoms with E-state index in [1.165, 1.54) is 12.1 Å². The minimum atomic E-state index is 0.437.